The molecule has 0 aliphatic carbocycles. The van der Waals surface area contributed by atoms with Crippen LogP contribution in [0.2, 0.25) is 0 Å². The zero-order valence-electron chi connectivity index (χ0n) is 12.2. The number of nitrogens with one attached hydrogen (secondary N) is 2. The number of hydrogen-bond acceptors (Lipinski definition) is 3. The Labute approximate surface area is 137 Å². The molecule has 120 valence electrons. The van der Waals surface area contributed by atoms with E-state index in [0.717, 1.165) is 0 Å². The number of hydrogen-bond donors (Lipinski definition) is 3. The summed E-state index contributed by atoms with van der Waals surface area (Å²) in [6.45, 7) is 0. The molecule has 2 aromatic rings. The molecule has 0 aliphatic rings. The van der Waals surface area contributed by atoms with Gasteiger partial charge in [-0.25, -0.2) is 9.18 Å². The fourth-order valence-electron chi connectivity index (χ4n) is 1.86. The van der Waals surface area contributed by atoms with Crippen LogP contribution in [0.5, 0.6) is 0 Å². The number of primary amides is 1. The van der Waals surface area contributed by atoms with Crippen molar-refractivity contribution < 1.29 is 14.0 Å². The van der Waals surface area contributed by atoms with Crippen LogP contribution in [0.4, 0.5) is 20.6 Å². The highest BCUT2D eigenvalue weighted by Crippen LogP contribution is 2.22. The third-order valence-corrected chi connectivity index (χ3v) is 3.89. The molecule has 3 amide bonds. The van der Waals surface area contributed by atoms with Crippen LogP contribution in [0.25, 0.3) is 0 Å². The van der Waals surface area contributed by atoms with Gasteiger partial charge in [0, 0.05) is 28.4 Å². The predicted octanol–water partition coefficient (Wildman–Crippen LogP) is 3.44. The van der Waals surface area contributed by atoms with Gasteiger partial charge in [0.25, 0.3) is 0 Å². The Balaban J connectivity index is 1.83. The molecule has 0 unspecified atom stereocenters. The van der Waals surface area contributed by atoms with E-state index < -0.39 is 6.03 Å². The quantitative estimate of drug-likeness (QED) is 0.708. The Morgan fingerprint density at radius 1 is 1.04 bits per heavy atom. The summed E-state index contributed by atoms with van der Waals surface area (Å²) < 4.78 is 13.4. The molecule has 0 saturated heterocycles. The van der Waals surface area contributed by atoms with E-state index in [1.807, 2.05) is 0 Å². The lowest BCUT2D eigenvalue weighted by molar-refractivity contribution is -0.115. The van der Waals surface area contributed by atoms with Crippen molar-refractivity contribution in [2.24, 2.45) is 5.73 Å². The lowest BCUT2D eigenvalue weighted by atomic mass is 10.2. The van der Waals surface area contributed by atoms with Gasteiger partial charge in [0.2, 0.25) is 5.91 Å². The zero-order valence-corrected chi connectivity index (χ0v) is 13.0. The second-order valence-electron chi connectivity index (χ2n) is 4.65. The van der Waals surface area contributed by atoms with Crippen molar-refractivity contribution >= 4 is 35.1 Å². The van der Waals surface area contributed by atoms with Gasteiger partial charge < -0.3 is 16.4 Å². The number of nitrogens with two attached hydrogens (primary N) is 1. The highest BCUT2D eigenvalue weighted by molar-refractivity contribution is 7.99. The molecule has 0 fully saturated rings. The van der Waals surface area contributed by atoms with Gasteiger partial charge in [-0.05, 0) is 30.3 Å². The summed E-state index contributed by atoms with van der Waals surface area (Å²) in [4.78, 5) is 23.2. The van der Waals surface area contributed by atoms with Crippen molar-refractivity contribution in [3.05, 3.63) is 54.3 Å². The SMILES string of the molecule is NC(=O)Nc1cccc(NC(=O)CCSc2ccccc2F)c1. The van der Waals surface area contributed by atoms with Crippen molar-refractivity contribution in [1.29, 1.82) is 0 Å². The molecule has 2 aromatic carbocycles. The zero-order chi connectivity index (χ0) is 16.7. The molecular formula is C16H16FN3O2S. The van der Waals surface area contributed by atoms with Gasteiger partial charge in [-0.1, -0.05) is 18.2 Å². The van der Waals surface area contributed by atoms with Crippen molar-refractivity contribution in [2.75, 3.05) is 16.4 Å². The van der Waals surface area contributed by atoms with E-state index in [2.05, 4.69) is 10.6 Å². The molecule has 0 bridgehead atoms. The number of thioether (sulfide) groups is 1. The summed E-state index contributed by atoms with van der Waals surface area (Å²) in [6, 6.07) is 12.4. The van der Waals surface area contributed by atoms with Gasteiger partial charge >= 0.3 is 6.03 Å². The van der Waals surface area contributed by atoms with Crippen LogP contribution < -0.4 is 16.4 Å². The molecule has 0 spiro atoms. The highest BCUT2D eigenvalue weighted by Gasteiger charge is 2.06. The molecule has 0 atom stereocenters. The van der Waals surface area contributed by atoms with Crippen LogP contribution in [0.15, 0.2) is 53.4 Å². The monoisotopic (exact) mass is 333 g/mol. The Kier molecular flexibility index (Phi) is 5.99. The minimum Gasteiger partial charge on any atom is -0.351 e. The van der Waals surface area contributed by atoms with E-state index in [0.29, 0.717) is 22.0 Å². The summed E-state index contributed by atoms with van der Waals surface area (Å²) in [5.41, 5.74) is 6.09. The number of carbonyl (C=O) groups is 2. The Morgan fingerprint density at radius 3 is 2.43 bits per heavy atom. The number of carbonyl (C=O) groups excluding carboxylic acids is 2. The van der Waals surface area contributed by atoms with Gasteiger partial charge in [0.1, 0.15) is 5.82 Å². The highest BCUT2D eigenvalue weighted by atomic mass is 32.2. The molecule has 0 aromatic heterocycles. The summed E-state index contributed by atoms with van der Waals surface area (Å²) in [5, 5.41) is 5.15. The van der Waals surface area contributed by atoms with Crippen molar-refractivity contribution in [2.45, 2.75) is 11.3 Å². The minimum absolute atomic E-state index is 0.190. The van der Waals surface area contributed by atoms with Crippen LogP contribution in [0.1, 0.15) is 6.42 Å². The number of halogens is 1. The maximum absolute atomic E-state index is 13.4. The smallest absolute Gasteiger partial charge is 0.316 e. The van der Waals surface area contributed by atoms with E-state index in [-0.39, 0.29) is 18.1 Å². The maximum atomic E-state index is 13.4. The van der Waals surface area contributed by atoms with Crippen LogP contribution in [0.3, 0.4) is 0 Å². The van der Waals surface area contributed by atoms with Gasteiger partial charge in [-0.3, -0.25) is 4.79 Å². The molecule has 0 saturated carbocycles. The van der Waals surface area contributed by atoms with Gasteiger partial charge in [0.05, 0.1) is 0 Å². The second-order valence-corrected chi connectivity index (χ2v) is 5.78. The number of urea groups is 1. The molecule has 7 heteroatoms. The lowest BCUT2D eigenvalue weighted by Crippen LogP contribution is -2.19. The summed E-state index contributed by atoms with van der Waals surface area (Å²) >= 11 is 1.29. The second kappa shape index (κ2) is 8.19. The van der Waals surface area contributed by atoms with Crippen LogP contribution in [0, 0.1) is 5.82 Å². The molecule has 2 rings (SSSR count). The first-order valence-corrected chi connectivity index (χ1v) is 7.87. The van der Waals surface area contributed by atoms with Crippen LogP contribution in [-0.4, -0.2) is 17.7 Å². The Bertz CT molecular complexity index is 709. The van der Waals surface area contributed by atoms with Gasteiger partial charge in [0.15, 0.2) is 0 Å². The average molecular weight is 333 g/mol. The summed E-state index contributed by atoms with van der Waals surface area (Å²) in [7, 11) is 0. The van der Waals surface area contributed by atoms with Crippen LogP contribution >= 0.6 is 11.8 Å². The molecular weight excluding hydrogens is 317 g/mol. The van der Waals surface area contributed by atoms with Gasteiger partial charge in [-0.15, -0.1) is 11.8 Å². The van der Waals surface area contributed by atoms with E-state index in [1.54, 1.807) is 42.5 Å². The topological polar surface area (TPSA) is 84.2 Å². The Morgan fingerprint density at radius 2 is 1.74 bits per heavy atom. The maximum Gasteiger partial charge on any atom is 0.316 e. The first kappa shape index (κ1) is 16.8. The average Bonchev–Trinajstić information content (AvgIpc) is 2.49. The van der Waals surface area contributed by atoms with E-state index in [1.165, 1.54) is 17.8 Å². The molecule has 5 nitrogen and oxygen atoms in total. The molecule has 0 radical (unpaired) electrons. The first-order chi connectivity index (χ1) is 11.0. The summed E-state index contributed by atoms with van der Waals surface area (Å²) in [6.07, 6.45) is 0.243. The normalized spacial score (nSPS) is 10.1. The molecule has 4 N–H and O–H groups in total. The lowest BCUT2D eigenvalue weighted by Gasteiger charge is -2.08. The molecule has 0 heterocycles. The standard InChI is InChI=1S/C16H16FN3O2S/c17-13-6-1-2-7-14(13)23-9-8-15(21)19-11-4-3-5-12(10-11)20-16(18)22/h1-7,10H,8-9H2,(H,19,21)(H3,18,20,22). The minimum atomic E-state index is -0.672. The molecule has 23 heavy (non-hydrogen) atoms. The number of benzene rings is 2. The van der Waals surface area contributed by atoms with E-state index >= 15 is 0 Å². The third kappa shape index (κ3) is 5.63. The van der Waals surface area contributed by atoms with E-state index in [4.69, 9.17) is 5.73 Å². The van der Waals surface area contributed by atoms with Crippen molar-refractivity contribution in [3.63, 3.8) is 0 Å². The molecule has 0 aliphatic heterocycles. The number of anilines is 2. The third-order valence-electron chi connectivity index (χ3n) is 2.84. The first-order valence-electron chi connectivity index (χ1n) is 6.88. The largest absolute Gasteiger partial charge is 0.351 e. The van der Waals surface area contributed by atoms with Crippen molar-refractivity contribution in [3.8, 4) is 0 Å². The van der Waals surface area contributed by atoms with Crippen molar-refractivity contribution in [1.82, 2.24) is 0 Å². The van der Waals surface area contributed by atoms with E-state index in [9.17, 15) is 14.0 Å². The number of rotatable bonds is 6. The fourth-order valence-corrected chi connectivity index (χ4v) is 2.74. The van der Waals surface area contributed by atoms with Gasteiger partial charge in [-0.2, -0.15) is 0 Å². The fraction of sp³-hybridized carbons (Fsp3) is 0.125. The number of amides is 3. The predicted molar refractivity (Wildman–Crippen MR) is 90.0 cm³/mol. The van der Waals surface area contributed by atoms with Crippen LogP contribution in [-0.2, 0) is 4.79 Å². The Hall–Kier alpha value is -2.54. The summed E-state index contributed by atoms with van der Waals surface area (Å²) in [5.74, 6) is -0.0142.